The average molecular weight is 401 g/mol. The Bertz CT molecular complexity index is 938. The van der Waals surface area contributed by atoms with E-state index in [0.717, 1.165) is 50.4 Å². The van der Waals surface area contributed by atoms with Gasteiger partial charge in [-0.2, -0.15) is 0 Å². The molecule has 1 N–H and O–H groups in total. The maximum Gasteiger partial charge on any atom is 0.251 e. The van der Waals surface area contributed by atoms with Gasteiger partial charge in [-0.15, -0.1) is 0 Å². The van der Waals surface area contributed by atoms with Crippen molar-refractivity contribution in [1.82, 2.24) is 10.2 Å². The third-order valence-corrected chi connectivity index (χ3v) is 5.49. The molecular formula is C26H28N2O2. The molecule has 0 aromatic heterocycles. The van der Waals surface area contributed by atoms with Crippen molar-refractivity contribution in [1.29, 1.82) is 0 Å². The number of carbonyl (C=O) groups excluding carboxylic acids is 1. The van der Waals surface area contributed by atoms with Crippen LogP contribution in [-0.2, 0) is 17.7 Å². The van der Waals surface area contributed by atoms with Gasteiger partial charge in [0.15, 0.2) is 0 Å². The molecule has 4 nitrogen and oxygen atoms in total. The first-order chi connectivity index (χ1) is 14.8. The third-order valence-electron chi connectivity index (χ3n) is 5.49. The molecule has 4 heteroatoms. The monoisotopic (exact) mass is 400 g/mol. The molecule has 3 aromatic carbocycles. The summed E-state index contributed by atoms with van der Waals surface area (Å²) in [7, 11) is 0. The minimum Gasteiger partial charge on any atom is -0.379 e. The van der Waals surface area contributed by atoms with E-state index in [1.807, 2.05) is 54.6 Å². The zero-order valence-electron chi connectivity index (χ0n) is 17.2. The van der Waals surface area contributed by atoms with Crippen molar-refractivity contribution in [2.24, 2.45) is 0 Å². The van der Waals surface area contributed by atoms with Crippen LogP contribution < -0.4 is 5.32 Å². The van der Waals surface area contributed by atoms with E-state index in [1.165, 1.54) is 5.56 Å². The molecular weight excluding hydrogens is 372 g/mol. The molecule has 0 bridgehead atoms. The summed E-state index contributed by atoms with van der Waals surface area (Å²) in [5, 5.41) is 3.26. The fraction of sp³-hybridized carbons (Fsp3) is 0.269. The van der Waals surface area contributed by atoms with Crippen LogP contribution in [0.2, 0.25) is 0 Å². The number of morpholine rings is 1. The Kier molecular flexibility index (Phi) is 6.91. The van der Waals surface area contributed by atoms with E-state index in [9.17, 15) is 4.79 Å². The van der Waals surface area contributed by atoms with Crippen LogP contribution in [0.5, 0.6) is 0 Å². The van der Waals surface area contributed by atoms with Crippen LogP contribution in [0.1, 0.15) is 33.1 Å². The second-order valence-electron chi connectivity index (χ2n) is 7.72. The molecule has 4 rings (SSSR count). The number of rotatable bonds is 7. The predicted molar refractivity (Wildman–Crippen MR) is 119 cm³/mol. The second-order valence-corrected chi connectivity index (χ2v) is 7.72. The number of ether oxygens (including phenoxy) is 1. The van der Waals surface area contributed by atoms with Gasteiger partial charge in [-0.25, -0.2) is 0 Å². The van der Waals surface area contributed by atoms with E-state index in [2.05, 4.69) is 40.5 Å². The largest absolute Gasteiger partial charge is 0.379 e. The summed E-state index contributed by atoms with van der Waals surface area (Å²) in [4.78, 5) is 15.5. The zero-order chi connectivity index (χ0) is 20.6. The SMILES string of the molecule is O=C(NC(Cc1ccccc1)c1ccccc1)c1cccc(CN2CCOCC2)c1. The summed E-state index contributed by atoms with van der Waals surface area (Å²) in [6, 6.07) is 28.3. The van der Waals surface area contributed by atoms with Crippen LogP contribution in [0, 0.1) is 0 Å². The van der Waals surface area contributed by atoms with Crippen molar-refractivity contribution in [3.8, 4) is 0 Å². The Hall–Kier alpha value is -2.95. The van der Waals surface area contributed by atoms with Crippen LogP contribution in [0.3, 0.4) is 0 Å². The van der Waals surface area contributed by atoms with Gasteiger partial charge in [0, 0.05) is 25.2 Å². The third kappa shape index (κ3) is 5.56. The molecule has 1 aliphatic rings. The Labute approximate surface area is 178 Å². The molecule has 3 aromatic rings. The van der Waals surface area contributed by atoms with Crippen LogP contribution in [0.25, 0.3) is 0 Å². The number of hydrogen-bond acceptors (Lipinski definition) is 3. The first-order valence-electron chi connectivity index (χ1n) is 10.6. The number of benzene rings is 3. The molecule has 1 aliphatic heterocycles. The minimum atomic E-state index is -0.0796. The van der Waals surface area contributed by atoms with Crippen molar-refractivity contribution in [3.63, 3.8) is 0 Å². The van der Waals surface area contributed by atoms with Gasteiger partial charge in [0.05, 0.1) is 19.3 Å². The van der Waals surface area contributed by atoms with Gasteiger partial charge in [-0.1, -0.05) is 72.8 Å². The molecule has 30 heavy (non-hydrogen) atoms. The number of nitrogens with zero attached hydrogens (tertiary/aromatic N) is 1. The van der Waals surface area contributed by atoms with Crippen LogP contribution in [-0.4, -0.2) is 37.1 Å². The molecule has 1 fully saturated rings. The molecule has 0 saturated carbocycles. The van der Waals surface area contributed by atoms with Crippen molar-refractivity contribution >= 4 is 5.91 Å². The lowest BCUT2D eigenvalue weighted by Gasteiger charge is -2.26. The fourth-order valence-corrected chi connectivity index (χ4v) is 3.86. The van der Waals surface area contributed by atoms with Crippen LogP contribution in [0.15, 0.2) is 84.9 Å². The highest BCUT2D eigenvalue weighted by atomic mass is 16.5. The zero-order valence-corrected chi connectivity index (χ0v) is 17.2. The Morgan fingerprint density at radius 1 is 0.867 bits per heavy atom. The normalized spacial score (nSPS) is 15.5. The van der Waals surface area contributed by atoms with Crippen LogP contribution >= 0.6 is 0 Å². The van der Waals surface area contributed by atoms with Gasteiger partial charge in [-0.05, 0) is 35.2 Å². The van der Waals surface area contributed by atoms with E-state index in [-0.39, 0.29) is 11.9 Å². The van der Waals surface area contributed by atoms with Gasteiger partial charge in [0.1, 0.15) is 0 Å². The summed E-state index contributed by atoms with van der Waals surface area (Å²) in [6.45, 7) is 4.26. The van der Waals surface area contributed by atoms with Gasteiger partial charge in [0.2, 0.25) is 0 Å². The first kappa shape index (κ1) is 20.3. The Morgan fingerprint density at radius 2 is 1.53 bits per heavy atom. The van der Waals surface area contributed by atoms with Crippen molar-refractivity contribution < 1.29 is 9.53 Å². The number of nitrogens with one attached hydrogen (secondary N) is 1. The summed E-state index contributed by atoms with van der Waals surface area (Å²) in [6.07, 6.45) is 0.754. The number of hydrogen-bond donors (Lipinski definition) is 1. The fourth-order valence-electron chi connectivity index (χ4n) is 3.86. The van der Waals surface area contributed by atoms with Gasteiger partial charge >= 0.3 is 0 Å². The quantitative estimate of drug-likeness (QED) is 0.645. The maximum absolute atomic E-state index is 13.1. The summed E-state index contributed by atoms with van der Waals surface area (Å²) in [5.41, 5.74) is 4.17. The molecule has 0 spiro atoms. The molecule has 0 radical (unpaired) electrons. The van der Waals surface area contributed by atoms with Crippen molar-refractivity contribution in [2.45, 2.75) is 19.0 Å². The highest BCUT2D eigenvalue weighted by Gasteiger charge is 2.17. The number of amides is 1. The van der Waals surface area contributed by atoms with E-state index < -0.39 is 0 Å². The smallest absolute Gasteiger partial charge is 0.251 e. The van der Waals surface area contributed by atoms with Crippen LogP contribution in [0.4, 0.5) is 0 Å². The molecule has 0 aliphatic carbocycles. The first-order valence-corrected chi connectivity index (χ1v) is 10.6. The van der Waals surface area contributed by atoms with E-state index in [1.54, 1.807) is 0 Å². The highest BCUT2D eigenvalue weighted by Crippen LogP contribution is 2.19. The molecule has 154 valence electrons. The lowest BCUT2D eigenvalue weighted by Crippen LogP contribution is -2.35. The van der Waals surface area contributed by atoms with Gasteiger partial charge < -0.3 is 10.1 Å². The summed E-state index contributed by atoms with van der Waals surface area (Å²) < 4.78 is 5.43. The summed E-state index contributed by atoms with van der Waals surface area (Å²) in [5.74, 6) is -0.0383. The van der Waals surface area contributed by atoms with Crippen molar-refractivity contribution in [2.75, 3.05) is 26.3 Å². The minimum absolute atomic E-state index is 0.0383. The molecule has 1 unspecified atom stereocenters. The maximum atomic E-state index is 13.1. The predicted octanol–water partition coefficient (Wildman–Crippen LogP) is 4.23. The highest BCUT2D eigenvalue weighted by molar-refractivity contribution is 5.94. The molecule has 1 saturated heterocycles. The van der Waals surface area contributed by atoms with Crippen molar-refractivity contribution in [3.05, 3.63) is 107 Å². The lowest BCUT2D eigenvalue weighted by molar-refractivity contribution is 0.0342. The molecule has 1 heterocycles. The molecule has 1 atom stereocenters. The molecule has 1 amide bonds. The standard InChI is InChI=1S/C26H28N2O2/c29-26(24-13-7-10-22(18-24)20-28-14-16-30-17-15-28)27-25(23-11-5-2-6-12-23)19-21-8-3-1-4-9-21/h1-13,18,25H,14-17,19-20H2,(H,27,29). The van der Waals surface area contributed by atoms with E-state index >= 15 is 0 Å². The Balaban J connectivity index is 1.48. The van der Waals surface area contributed by atoms with Gasteiger partial charge in [-0.3, -0.25) is 9.69 Å². The Morgan fingerprint density at radius 3 is 2.27 bits per heavy atom. The number of carbonyl (C=O) groups is 1. The second kappa shape index (κ2) is 10.2. The topological polar surface area (TPSA) is 41.6 Å². The van der Waals surface area contributed by atoms with E-state index in [0.29, 0.717) is 5.56 Å². The van der Waals surface area contributed by atoms with Gasteiger partial charge in [0.25, 0.3) is 5.91 Å². The average Bonchev–Trinajstić information content (AvgIpc) is 2.81. The lowest BCUT2D eigenvalue weighted by atomic mass is 9.98. The summed E-state index contributed by atoms with van der Waals surface area (Å²) >= 11 is 0. The van der Waals surface area contributed by atoms with E-state index in [4.69, 9.17) is 4.74 Å².